The highest BCUT2D eigenvalue weighted by Gasteiger charge is 2.32. The molecule has 0 aromatic heterocycles. The molecule has 2 aliphatic rings. The maximum absolute atomic E-state index is 12.3. The van der Waals surface area contributed by atoms with Gasteiger partial charge in [-0.2, -0.15) is 0 Å². The fourth-order valence-electron chi connectivity index (χ4n) is 3.07. The van der Waals surface area contributed by atoms with E-state index >= 15 is 0 Å². The summed E-state index contributed by atoms with van der Waals surface area (Å²) in [5, 5.41) is 0. The highest BCUT2D eigenvalue weighted by molar-refractivity contribution is 5.81. The molecule has 3 rings (SSSR count). The van der Waals surface area contributed by atoms with Gasteiger partial charge in [-0.05, 0) is 25.5 Å². The molecule has 0 spiro atoms. The summed E-state index contributed by atoms with van der Waals surface area (Å²) in [7, 11) is 3.64. The summed E-state index contributed by atoms with van der Waals surface area (Å²) in [6.45, 7) is 2.87. The largest absolute Gasteiger partial charge is 0.486 e. The molecule has 5 nitrogen and oxygen atoms in total. The van der Waals surface area contributed by atoms with Gasteiger partial charge in [0, 0.05) is 26.2 Å². The number of likely N-dealkylation sites (tertiary alicyclic amines) is 1. The van der Waals surface area contributed by atoms with Crippen LogP contribution in [0.4, 0.5) is 0 Å². The molecule has 1 amide bonds. The van der Waals surface area contributed by atoms with E-state index in [0.29, 0.717) is 13.2 Å². The van der Waals surface area contributed by atoms with E-state index in [0.717, 1.165) is 43.0 Å². The number of carbonyl (C=O) groups excluding carboxylic acids is 1. The van der Waals surface area contributed by atoms with Gasteiger partial charge in [0.15, 0.2) is 11.5 Å². The van der Waals surface area contributed by atoms with Crippen molar-refractivity contribution < 1.29 is 14.3 Å². The number of para-hydroxylation sites is 1. The van der Waals surface area contributed by atoms with Crippen molar-refractivity contribution in [3.05, 3.63) is 23.8 Å². The number of hydrogen-bond acceptors (Lipinski definition) is 4. The summed E-state index contributed by atoms with van der Waals surface area (Å²) >= 11 is 0. The van der Waals surface area contributed by atoms with E-state index in [4.69, 9.17) is 9.47 Å². The first-order valence-electron chi connectivity index (χ1n) is 7.49. The van der Waals surface area contributed by atoms with Crippen LogP contribution < -0.4 is 9.47 Å². The number of nitrogens with zero attached hydrogens (tertiary/aromatic N) is 2. The molecule has 1 saturated heterocycles. The number of carbonyl (C=O) groups is 1. The Morgan fingerprint density at radius 3 is 2.95 bits per heavy atom. The molecule has 0 bridgehead atoms. The predicted octanol–water partition coefficient (Wildman–Crippen LogP) is 1.51. The van der Waals surface area contributed by atoms with Crippen molar-refractivity contribution >= 4 is 5.91 Å². The normalized spacial score (nSPS) is 21.3. The molecule has 1 aromatic carbocycles. The second-order valence-corrected chi connectivity index (χ2v) is 5.80. The van der Waals surface area contributed by atoms with Gasteiger partial charge in [0.05, 0.1) is 6.04 Å². The molecule has 0 radical (unpaired) electrons. The molecular weight excluding hydrogens is 268 g/mol. The van der Waals surface area contributed by atoms with Crippen molar-refractivity contribution in [1.29, 1.82) is 0 Å². The zero-order chi connectivity index (χ0) is 14.8. The van der Waals surface area contributed by atoms with Gasteiger partial charge in [0.2, 0.25) is 5.91 Å². The third kappa shape index (κ3) is 2.83. The lowest BCUT2D eigenvalue weighted by Crippen LogP contribution is -2.42. The van der Waals surface area contributed by atoms with Crippen molar-refractivity contribution in [2.45, 2.75) is 25.4 Å². The molecule has 2 heterocycles. The topological polar surface area (TPSA) is 42.0 Å². The van der Waals surface area contributed by atoms with Crippen LogP contribution in [-0.2, 0) is 11.3 Å². The van der Waals surface area contributed by atoms with Crippen LogP contribution in [0.15, 0.2) is 18.2 Å². The van der Waals surface area contributed by atoms with E-state index < -0.39 is 0 Å². The summed E-state index contributed by atoms with van der Waals surface area (Å²) in [6, 6.07) is 5.97. The van der Waals surface area contributed by atoms with Crippen LogP contribution >= 0.6 is 0 Å². The van der Waals surface area contributed by atoms with Crippen LogP contribution in [0.2, 0.25) is 0 Å². The monoisotopic (exact) mass is 290 g/mol. The van der Waals surface area contributed by atoms with Crippen LogP contribution in [0.1, 0.15) is 18.4 Å². The Bertz CT molecular complexity index is 530. The Morgan fingerprint density at radius 1 is 1.33 bits per heavy atom. The van der Waals surface area contributed by atoms with Crippen LogP contribution in [0.25, 0.3) is 0 Å². The highest BCUT2D eigenvalue weighted by Crippen LogP contribution is 2.35. The molecule has 1 atom stereocenters. The van der Waals surface area contributed by atoms with Gasteiger partial charge in [-0.15, -0.1) is 0 Å². The summed E-state index contributed by atoms with van der Waals surface area (Å²) in [4.78, 5) is 16.2. The smallest absolute Gasteiger partial charge is 0.239 e. The zero-order valence-corrected chi connectivity index (χ0v) is 12.7. The first kappa shape index (κ1) is 14.2. The third-order valence-electron chi connectivity index (χ3n) is 4.11. The molecule has 5 heteroatoms. The Balaban J connectivity index is 1.78. The molecule has 1 fully saturated rings. The number of hydrogen-bond donors (Lipinski definition) is 0. The van der Waals surface area contributed by atoms with E-state index in [-0.39, 0.29) is 11.9 Å². The highest BCUT2D eigenvalue weighted by atomic mass is 16.6. The Kier molecular flexibility index (Phi) is 4.01. The van der Waals surface area contributed by atoms with Crippen molar-refractivity contribution in [2.75, 3.05) is 33.9 Å². The van der Waals surface area contributed by atoms with E-state index in [1.807, 2.05) is 26.2 Å². The maximum atomic E-state index is 12.3. The Morgan fingerprint density at radius 2 is 2.14 bits per heavy atom. The van der Waals surface area contributed by atoms with Crippen molar-refractivity contribution in [1.82, 2.24) is 9.80 Å². The quantitative estimate of drug-likeness (QED) is 0.846. The van der Waals surface area contributed by atoms with Crippen molar-refractivity contribution in [3.63, 3.8) is 0 Å². The predicted molar refractivity (Wildman–Crippen MR) is 79.6 cm³/mol. The van der Waals surface area contributed by atoms with E-state index in [2.05, 4.69) is 11.0 Å². The molecule has 21 heavy (non-hydrogen) atoms. The lowest BCUT2D eigenvalue weighted by molar-refractivity contribution is -0.133. The summed E-state index contributed by atoms with van der Waals surface area (Å²) in [6.07, 6.45) is 2.00. The Hall–Kier alpha value is -1.75. The average Bonchev–Trinajstić information content (AvgIpc) is 2.95. The second kappa shape index (κ2) is 5.93. The SMILES string of the molecule is CN(C)C(=O)[C@H]1CCCN1Cc1cccc2c1OCCO2. The van der Waals surface area contributed by atoms with Crippen molar-refractivity contribution in [3.8, 4) is 11.5 Å². The van der Waals surface area contributed by atoms with E-state index in [1.54, 1.807) is 4.90 Å². The number of rotatable bonds is 3. The lowest BCUT2D eigenvalue weighted by Gasteiger charge is -2.28. The summed E-state index contributed by atoms with van der Waals surface area (Å²) in [5.74, 6) is 1.84. The fourth-order valence-corrected chi connectivity index (χ4v) is 3.07. The minimum Gasteiger partial charge on any atom is -0.486 e. The third-order valence-corrected chi connectivity index (χ3v) is 4.11. The maximum Gasteiger partial charge on any atom is 0.239 e. The lowest BCUT2D eigenvalue weighted by atomic mass is 10.1. The van der Waals surface area contributed by atoms with Gasteiger partial charge < -0.3 is 14.4 Å². The number of ether oxygens (including phenoxy) is 2. The minimum atomic E-state index is -0.0136. The second-order valence-electron chi connectivity index (χ2n) is 5.80. The van der Waals surface area contributed by atoms with E-state index in [1.165, 1.54) is 0 Å². The molecule has 0 N–H and O–H groups in total. The standard InChI is InChI=1S/C16H22N2O3/c1-17(2)16(19)13-6-4-8-18(13)11-12-5-3-7-14-15(12)21-10-9-20-14/h3,5,7,13H,4,6,8-11H2,1-2H3/t13-/m1/s1. The van der Waals surface area contributed by atoms with Gasteiger partial charge in [-0.3, -0.25) is 9.69 Å². The average molecular weight is 290 g/mol. The zero-order valence-electron chi connectivity index (χ0n) is 12.7. The fraction of sp³-hybridized carbons (Fsp3) is 0.562. The van der Waals surface area contributed by atoms with Crippen LogP contribution in [0.3, 0.4) is 0 Å². The summed E-state index contributed by atoms with van der Waals surface area (Å²) in [5.41, 5.74) is 1.10. The van der Waals surface area contributed by atoms with E-state index in [9.17, 15) is 4.79 Å². The van der Waals surface area contributed by atoms with Gasteiger partial charge in [-0.1, -0.05) is 12.1 Å². The molecule has 114 valence electrons. The van der Waals surface area contributed by atoms with Gasteiger partial charge in [0.25, 0.3) is 0 Å². The van der Waals surface area contributed by atoms with Gasteiger partial charge in [0.1, 0.15) is 13.2 Å². The molecule has 2 aliphatic heterocycles. The van der Waals surface area contributed by atoms with Gasteiger partial charge in [-0.25, -0.2) is 0 Å². The van der Waals surface area contributed by atoms with Crippen LogP contribution in [-0.4, -0.2) is 55.6 Å². The minimum absolute atomic E-state index is 0.0136. The van der Waals surface area contributed by atoms with Gasteiger partial charge >= 0.3 is 0 Å². The van der Waals surface area contributed by atoms with Crippen LogP contribution in [0.5, 0.6) is 11.5 Å². The molecule has 0 aliphatic carbocycles. The molecule has 1 aromatic rings. The summed E-state index contributed by atoms with van der Waals surface area (Å²) < 4.78 is 11.4. The number of likely N-dealkylation sites (N-methyl/N-ethyl adjacent to an activating group) is 1. The van der Waals surface area contributed by atoms with Crippen molar-refractivity contribution in [2.24, 2.45) is 0 Å². The number of amides is 1. The first-order chi connectivity index (χ1) is 10.2. The number of benzene rings is 1. The van der Waals surface area contributed by atoms with Crippen LogP contribution in [0, 0.1) is 0 Å². The molecule has 0 unspecified atom stereocenters. The Labute approximate surface area is 125 Å². The number of fused-ring (bicyclic) bond motifs is 1. The molecular formula is C16H22N2O3. The molecule has 0 saturated carbocycles. The first-order valence-corrected chi connectivity index (χ1v) is 7.49.